The van der Waals surface area contributed by atoms with Gasteiger partial charge in [-0.05, 0) is 25.7 Å². The minimum Gasteiger partial charge on any atom is -0.393 e. The van der Waals surface area contributed by atoms with E-state index in [4.69, 9.17) is 12.2 Å². The topological polar surface area (TPSA) is 125 Å². The third-order valence-electron chi connectivity index (χ3n) is 4.68. The predicted molar refractivity (Wildman–Crippen MR) is 105 cm³/mol. The van der Waals surface area contributed by atoms with Crippen LogP contribution in [0.4, 0.5) is 0 Å². The molecule has 8 heteroatoms. The fourth-order valence-corrected chi connectivity index (χ4v) is 3.26. The standard InChI is InChI=1S/C18H34N2O5S/c1-3-6-16(26)20-13(15(23)9-11(21)4-2)10-19-12-7-5-8-14(22)18(25)17(12)24/h5,7,11-15,17-19,21-25H,3-4,6,8-10H2,1-2H3,(H,20,26). The lowest BCUT2D eigenvalue weighted by molar-refractivity contribution is -0.0623. The maximum Gasteiger partial charge on any atom is 0.108 e. The first-order chi connectivity index (χ1) is 12.3. The van der Waals surface area contributed by atoms with Crippen LogP contribution < -0.4 is 10.6 Å². The fraction of sp³-hybridized carbons (Fsp3) is 0.833. The SMILES string of the molecule is CCCC(=S)NC(CNC1C=CCC(O)C(O)C1O)C(O)CC(O)CC. The van der Waals surface area contributed by atoms with E-state index in [1.807, 2.05) is 13.8 Å². The molecular weight excluding hydrogens is 356 g/mol. The predicted octanol–water partition coefficient (Wildman–Crippen LogP) is -0.405. The highest BCUT2D eigenvalue weighted by atomic mass is 32.1. The van der Waals surface area contributed by atoms with Crippen molar-refractivity contribution in [1.29, 1.82) is 0 Å². The number of thiocarbonyl (C=S) groups is 1. The third kappa shape index (κ3) is 7.56. The first kappa shape index (κ1) is 23.4. The minimum absolute atomic E-state index is 0.217. The van der Waals surface area contributed by atoms with Crippen molar-refractivity contribution in [2.24, 2.45) is 0 Å². The summed E-state index contributed by atoms with van der Waals surface area (Å²) in [5.41, 5.74) is 0. The second kappa shape index (κ2) is 12.0. The molecule has 7 nitrogen and oxygen atoms in total. The lowest BCUT2D eigenvalue weighted by atomic mass is 10.0. The molecule has 0 saturated carbocycles. The van der Waals surface area contributed by atoms with Gasteiger partial charge in [-0.15, -0.1) is 0 Å². The van der Waals surface area contributed by atoms with Crippen LogP contribution in [0.15, 0.2) is 12.2 Å². The Kier molecular flexibility index (Phi) is 10.8. The Labute approximate surface area is 161 Å². The second-order valence-electron chi connectivity index (χ2n) is 6.94. The van der Waals surface area contributed by atoms with Crippen molar-refractivity contribution in [1.82, 2.24) is 10.6 Å². The van der Waals surface area contributed by atoms with Crippen molar-refractivity contribution in [3.8, 4) is 0 Å². The average Bonchev–Trinajstić information content (AvgIpc) is 2.72. The number of rotatable bonds is 10. The molecule has 0 aliphatic heterocycles. The van der Waals surface area contributed by atoms with Crippen molar-refractivity contribution in [2.75, 3.05) is 6.54 Å². The summed E-state index contributed by atoms with van der Waals surface area (Å²) in [6.45, 7) is 4.13. The summed E-state index contributed by atoms with van der Waals surface area (Å²) in [6.07, 6.45) is 1.19. The van der Waals surface area contributed by atoms with E-state index in [1.165, 1.54) is 0 Å². The van der Waals surface area contributed by atoms with E-state index in [-0.39, 0.29) is 19.4 Å². The minimum atomic E-state index is -1.25. The van der Waals surface area contributed by atoms with Gasteiger partial charge in [0, 0.05) is 13.0 Å². The van der Waals surface area contributed by atoms with Gasteiger partial charge in [0.15, 0.2) is 0 Å². The summed E-state index contributed by atoms with van der Waals surface area (Å²) in [5, 5.41) is 56.4. The maximum atomic E-state index is 10.5. The van der Waals surface area contributed by atoms with E-state index in [0.29, 0.717) is 17.8 Å². The van der Waals surface area contributed by atoms with Gasteiger partial charge in [-0.3, -0.25) is 0 Å². The molecule has 0 aromatic rings. The van der Waals surface area contributed by atoms with Crippen molar-refractivity contribution < 1.29 is 25.5 Å². The molecule has 0 radical (unpaired) electrons. The van der Waals surface area contributed by atoms with E-state index >= 15 is 0 Å². The van der Waals surface area contributed by atoms with Crippen molar-refractivity contribution >= 4 is 17.2 Å². The molecule has 0 bridgehead atoms. The van der Waals surface area contributed by atoms with E-state index < -0.39 is 42.6 Å². The van der Waals surface area contributed by atoms with Crippen LogP contribution in [-0.4, -0.2) is 79.7 Å². The van der Waals surface area contributed by atoms with Crippen LogP contribution in [-0.2, 0) is 0 Å². The highest BCUT2D eigenvalue weighted by molar-refractivity contribution is 7.80. The molecule has 0 amide bonds. The third-order valence-corrected chi connectivity index (χ3v) is 5.00. The Hall–Kier alpha value is -0.610. The first-order valence-electron chi connectivity index (χ1n) is 9.39. The molecule has 1 aliphatic carbocycles. The Balaban J connectivity index is 2.72. The summed E-state index contributed by atoms with van der Waals surface area (Å²) in [6, 6.07) is -1.00. The monoisotopic (exact) mass is 390 g/mol. The lowest BCUT2D eigenvalue weighted by Crippen LogP contribution is -2.55. The van der Waals surface area contributed by atoms with Gasteiger partial charge in [0.05, 0.1) is 35.4 Å². The number of hydrogen-bond donors (Lipinski definition) is 7. The molecule has 1 rings (SSSR count). The van der Waals surface area contributed by atoms with Gasteiger partial charge in [-0.1, -0.05) is 38.2 Å². The molecule has 0 aromatic carbocycles. The maximum absolute atomic E-state index is 10.5. The zero-order valence-corrected chi connectivity index (χ0v) is 16.4. The van der Waals surface area contributed by atoms with Gasteiger partial charge < -0.3 is 36.2 Å². The van der Waals surface area contributed by atoms with Crippen LogP contribution in [0.3, 0.4) is 0 Å². The summed E-state index contributed by atoms with van der Waals surface area (Å²) in [7, 11) is 0. The summed E-state index contributed by atoms with van der Waals surface area (Å²) < 4.78 is 0. The molecule has 7 N–H and O–H groups in total. The zero-order chi connectivity index (χ0) is 19.7. The molecule has 0 heterocycles. The van der Waals surface area contributed by atoms with Gasteiger partial charge in [-0.2, -0.15) is 0 Å². The molecule has 0 saturated heterocycles. The Morgan fingerprint density at radius 3 is 2.50 bits per heavy atom. The number of nitrogens with one attached hydrogen (secondary N) is 2. The van der Waals surface area contributed by atoms with Crippen LogP contribution in [0.5, 0.6) is 0 Å². The Bertz CT molecular complexity index is 451. The molecule has 0 spiro atoms. The van der Waals surface area contributed by atoms with Crippen LogP contribution in [0.25, 0.3) is 0 Å². The second-order valence-corrected chi connectivity index (χ2v) is 7.43. The summed E-state index contributed by atoms with van der Waals surface area (Å²) in [5.74, 6) is 0. The van der Waals surface area contributed by atoms with Crippen molar-refractivity contribution in [3.63, 3.8) is 0 Å². The fourth-order valence-electron chi connectivity index (χ4n) is 2.91. The number of aliphatic hydroxyl groups is 5. The van der Waals surface area contributed by atoms with Crippen LogP contribution in [0.2, 0.25) is 0 Å². The van der Waals surface area contributed by atoms with Gasteiger partial charge in [0.2, 0.25) is 0 Å². The van der Waals surface area contributed by atoms with Gasteiger partial charge in [-0.25, -0.2) is 0 Å². The summed E-state index contributed by atoms with van der Waals surface area (Å²) in [4.78, 5) is 0.636. The van der Waals surface area contributed by atoms with Crippen molar-refractivity contribution in [2.45, 2.75) is 88.6 Å². The molecule has 0 fully saturated rings. The molecule has 7 atom stereocenters. The van der Waals surface area contributed by atoms with E-state index in [2.05, 4.69) is 10.6 Å². The van der Waals surface area contributed by atoms with Gasteiger partial charge in [0.1, 0.15) is 12.2 Å². The largest absolute Gasteiger partial charge is 0.393 e. The summed E-state index contributed by atoms with van der Waals surface area (Å²) >= 11 is 5.29. The molecule has 0 aromatic heterocycles. The van der Waals surface area contributed by atoms with Crippen LogP contribution >= 0.6 is 12.2 Å². The molecule has 26 heavy (non-hydrogen) atoms. The highest BCUT2D eigenvalue weighted by Gasteiger charge is 2.32. The van der Waals surface area contributed by atoms with Gasteiger partial charge >= 0.3 is 0 Å². The van der Waals surface area contributed by atoms with Crippen LogP contribution in [0.1, 0.15) is 46.0 Å². The number of hydrogen-bond acceptors (Lipinski definition) is 7. The molecular formula is C18H34N2O5S. The van der Waals surface area contributed by atoms with E-state index in [1.54, 1.807) is 12.2 Å². The van der Waals surface area contributed by atoms with Gasteiger partial charge in [0.25, 0.3) is 0 Å². The normalized spacial score (nSPS) is 29.7. The molecule has 7 unspecified atom stereocenters. The van der Waals surface area contributed by atoms with E-state index in [9.17, 15) is 25.5 Å². The Morgan fingerprint density at radius 1 is 1.19 bits per heavy atom. The van der Waals surface area contributed by atoms with Crippen molar-refractivity contribution in [3.05, 3.63) is 12.2 Å². The highest BCUT2D eigenvalue weighted by Crippen LogP contribution is 2.15. The van der Waals surface area contributed by atoms with E-state index in [0.717, 1.165) is 6.42 Å². The molecule has 1 aliphatic rings. The smallest absolute Gasteiger partial charge is 0.108 e. The molecule has 152 valence electrons. The number of aliphatic hydroxyl groups excluding tert-OH is 5. The van der Waals surface area contributed by atoms with Crippen LogP contribution in [0, 0.1) is 0 Å². The first-order valence-corrected chi connectivity index (χ1v) is 9.80. The zero-order valence-electron chi connectivity index (χ0n) is 15.6. The quantitative estimate of drug-likeness (QED) is 0.198. The lowest BCUT2D eigenvalue weighted by Gasteiger charge is -2.31. The average molecular weight is 391 g/mol. The Morgan fingerprint density at radius 2 is 1.88 bits per heavy atom.